The Morgan fingerprint density at radius 3 is 2.57 bits per heavy atom. The molecule has 0 aliphatic rings. The molecule has 0 fully saturated rings. The number of furan rings is 1. The van der Waals surface area contributed by atoms with E-state index < -0.39 is 0 Å². The second-order valence-corrected chi connectivity index (χ2v) is 7.93. The zero-order valence-electron chi connectivity index (χ0n) is 12.6. The fourth-order valence-corrected chi connectivity index (χ4v) is 3.47. The molecule has 0 aliphatic heterocycles. The Morgan fingerprint density at radius 2 is 2.10 bits per heavy atom. The van der Waals surface area contributed by atoms with E-state index in [4.69, 9.17) is 16.0 Å². The molecule has 0 radical (unpaired) electrons. The molecule has 2 N–H and O–H groups in total. The second kappa shape index (κ2) is 6.97. The third-order valence-electron chi connectivity index (χ3n) is 3.54. The summed E-state index contributed by atoms with van der Waals surface area (Å²) in [5, 5.41) is 13.0. The Labute approximate surface area is 134 Å². The van der Waals surface area contributed by atoms with Crippen LogP contribution in [0, 0.1) is 5.41 Å². The molecule has 21 heavy (non-hydrogen) atoms. The Balaban J connectivity index is 2.28. The van der Waals surface area contributed by atoms with Crippen LogP contribution in [-0.2, 0) is 0 Å². The molecule has 0 aliphatic carbocycles. The van der Waals surface area contributed by atoms with E-state index in [0.29, 0.717) is 6.42 Å². The lowest BCUT2D eigenvalue weighted by Gasteiger charge is -2.34. The first-order valence-electron chi connectivity index (χ1n) is 7.07. The van der Waals surface area contributed by atoms with Gasteiger partial charge in [0.15, 0.2) is 0 Å². The first kappa shape index (κ1) is 16.6. The van der Waals surface area contributed by atoms with Crippen molar-refractivity contribution in [2.75, 3.05) is 6.61 Å². The quantitative estimate of drug-likeness (QED) is 0.822. The van der Waals surface area contributed by atoms with Gasteiger partial charge in [0, 0.05) is 17.5 Å². The molecular weight excluding hydrogens is 306 g/mol. The summed E-state index contributed by atoms with van der Waals surface area (Å²) in [7, 11) is 0. The van der Waals surface area contributed by atoms with Crippen molar-refractivity contribution in [3.8, 4) is 0 Å². The van der Waals surface area contributed by atoms with Gasteiger partial charge in [-0.25, -0.2) is 0 Å². The SMILES string of the molecule is CC(C)(C)C(CCO)NC(c1ccco1)c1ccc(Cl)s1. The predicted octanol–water partition coefficient (Wildman–Crippen LogP) is 4.47. The van der Waals surface area contributed by atoms with Crippen molar-refractivity contribution in [1.82, 2.24) is 5.32 Å². The maximum Gasteiger partial charge on any atom is 0.126 e. The van der Waals surface area contributed by atoms with E-state index in [-0.39, 0.29) is 24.1 Å². The maximum atomic E-state index is 9.34. The van der Waals surface area contributed by atoms with Crippen LogP contribution < -0.4 is 5.32 Å². The van der Waals surface area contributed by atoms with Crippen LogP contribution in [0.5, 0.6) is 0 Å². The molecule has 2 rings (SSSR count). The Hall–Kier alpha value is -0.810. The average Bonchev–Trinajstić information content (AvgIpc) is 3.04. The van der Waals surface area contributed by atoms with Gasteiger partial charge >= 0.3 is 0 Å². The van der Waals surface area contributed by atoms with E-state index >= 15 is 0 Å². The standard InChI is InChI=1S/C16H22ClNO2S/c1-16(2,3)13(8-9-19)18-15(11-5-4-10-20-11)12-6-7-14(17)21-12/h4-7,10,13,15,18-19H,8-9H2,1-3H3. The van der Waals surface area contributed by atoms with Gasteiger partial charge in [-0.1, -0.05) is 32.4 Å². The van der Waals surface area contributed by atoms with Gasteiger partial charge < -0.3 is 9.52 Å². The van der Waals surface area contributed by atoms with E-state index in [1.165, 1.54) is 0 Å². The topological polar surface area (TPSA) is 45.4 Å². The van der Waals surface area contributed by atoms with Gasteiger partial charge in [-0.05, 0) is 36.1 Å². The van der Waals surface area contributed by atoms with Gasteiger partial charge in [-0.15, -0.1) is 11.3 Å². The average molecular weight is 328 g/mol. The number of hydrogen-bond acceptors (Lipinski definition) is 4. The molecule has 3 nitrogen and oxygen atoms in total. The summed E-state index contributed by atoms with van der Waals surface area (Å²) in [4.78, 5) is 1.11. The van der Waals surface area contributed by atoms with Crippen molar-refractivity contribution in [2.45, 2.75) is 39.3 Å². The van der Waals surface area contributed by atoms with Crippen molar-refractivity contribution in [2.24, 2.45) is 5.41 Å². The van der Waals surface area contributed by atoms with Crippen molar-refractivity contribution in [3.05, 3.63) is 45.5 Å². The highest BCUT2D eigenvalue weighted by Crippen LogP contribution is 2.34. The number of nitrogens with one attached hydrogen (secondary N) is 1. The lowest BCUT2D eigenvalue weighted by atomic mass is 9.84. The number of thiophene rings is 1. The number of hydrogen-bond donors (Lipinski definition) is 2. The summed E-state index contributed by atoms with van der Waals surface area (Å²) in [6, 6.07) is 7.89. The zero-order valence-corrected chi connectivity index (χ0v) is 14.2. The molecule has 116 valence electrons. The largest absolute Gasteiger partial charge is 0.467 e. The fraction of sp³-hybridized carbons (Fsp3) is 0.500. The van der Waals surface area contributed by atoms with Crippen molar-refractivity contribution in [3.63, 3.8) is 0 Å². The molecule has 0 saturated carbocycles. The van der Waals surface area contributed by atoms with Gasteiger partial charge in [-0.2, -0.15) is 0 Å². The van der Waals surface area contributed by atoms with Crippen LogP contribution in [-0.4, -0.2) is 17.8 Å². The summed E-state index contributed by atoms with van der Waals surface area (Å²) in [6.45, 7) is 6.66. The molecular formula is C16H22ClNO2S. The molecule has 2 aromatic rings. The van der Waals surface area contributed by atoms with Crippen LogP contribution >= 0.6 is 22.9 Å². The van der Waals surface area contributed by atoms with E-state index in [9.17, 15) is 5.11 Å². The van der Waals surface area contributed by atoms with Crippen LogP contribution in [0.1, 0.15) is 43.9 Å². The first-order valence-corrected chi connectivity index (χ1v) is 8.27. The Morgan fingerprint density at radius 1 is 1.33 bits per heavy atom. The zero-order chi connectivity index (χ0) is 15.5. The smallest absolute Gasteiger partial charge is 0.126 e. The third-order valence-corrected chi connectivity index (χ3v) is 4.83. The summed E-state index contributed by atoms with van der Waals surface area (Å²) >= 11 is 7.62. The van der Waals surface area contributed by atoms with Gasteiger partial charge in [0.05, 0.1) is 10.6 Å². The molecule has 5 heteroatoms. The van der Waals surface area contributed by atoms with Crippen LogP contribution in [0.4, 0.5) is 0 Å². The highest BCUT2D eigenvalue weighted by Gasteiger charge is 2.29. The molecule has 0 spiro atoms. The molecule has 0 bridgehead atoms. The predicted molar refractivity (Wildman–Crippen MR) is 88.0 cm³/mol. The van der Waals surface area contributed by atoms with Crippen molar-refractivity contribution >= 4 is 22.9 Å². The molecule has 2 atom stereocenters. The fourth-order valence-electron chi connectivity index (χ4n) is 2.34. The first-order chi connectivity index (χ1) is 9.91. The molecule has 2 unspecified atom stereocenters. The third kappa shape index (κ3) is 4.33. The molecule has 0 saturated heterocycles. The number of aliphatic hydroxyl groups is 1. The van der Waals surface area contributed by atoms with E-state index in [1.807, 2.05) is 24.3 Å². The van der Waals surface area contributed by atoms with Gasteiger partial charge in [0.25, 0.3) is 0 Å². The number of aliphatic hydroxyl groups excluding tert-OH is 1. The summed E-state index contributed by atoms with van der Waals surface area (Å²) in [6.07, 6.45) is 2.37. The Kier molecular flexibility index (Phi) is 5.49. The van der Waals surface area contributed by atoms with E-state index in [1.54, 1.807) is 17.6 Å². The summed E-state index contributed by atoms with van der Waals surface area (Å²) in [5.41, 5.74) is 0.0363. The number of rotatable bonds is 6. The Bertz CT molecular complexity index is 545. The van der Waals surface area contributed by atoms with Gasteiger partial charge in [0.1, 0.15) is 11.8 Å². The maximum absolute atomic E-state index is 9.34. The molecule has 2 aromatic heterocycles. The number of halogens is 1. The minimum Gasteiger partial charge on any atom is -0.467 e. The molecule has 0 amide bonds. The lowest BCUT2D eigenvalue weighted by molar-refractivity contribution is 0.187. The van der Waals surface area contributed by atoms with Crippen LogP contribution in [0.3, 0.4) is 0 Å². The lowest BCUT2D eigenvalue weighted by Crippen LogP contribution is -2.43. The van der Waals surface area contributed by atoms with E-state index in [2.05, 4.69) is 26.1 Å². The van der Waals surface area contributed by atoms with Gasteiger partial charge in [-0.3, -0.25) is 5.32 Å². The van der Waals surface area contributed by atoms with Crippen LogP contribution in [0.2, 0.25) is 4.34 Å². The summed E-state index contributed by atoms with van der Waals surface area (Å²) in [5.74, 6) is 0.862. The van der Waals surface area contributed by atoms with Crippen molar-refractivity contribution in [1.29, 1.82) is 0 Å². The monoisotopic (exact) mass is 327 g/mol. The van der Waals surface area contributed by atoms with Crippen LogP contribution in [0.15, 0.2) is 34.9 Å². The molecule has 0 aromatic carbocycles. The van der Waals surface area contributed by atoms with Crippen LogP contribution in [0.25, 0.3) is 0 Å². The van der Waals surface area contributed by atoms with Crippen molar-refractivity contribution < 1.29 is 9.52 Å². The highest BCUT2D eigenvalue weighted by atomic mass is 35.5. The second-order valence-electron chi connectivity index (χ2n) is 6.19. The molecule has 2 heterocycles. The van der Waals surface area contributed by atoms with E-state index in [0.717, 1.165) is 15.0 Å². The normalized spacial score (nSPS) is 15.1. The summed E-state index contributed by atoms with van der Waals surface area (Å²) < 4.78 is 6.35. The highest BCUT2D eigenvalue weighted by molar-refractivity contribution is 7.16. The minimum absolute atomic E-state index is 0.0363. The van der Waals surface area contributed by atoms with Gasteiger partial charge in [0.2, 0.25) is 0 Å². The minimum atomic E-state index is -0.0479.